The summed E-state index contributed by atoms with van der Waals surface area (Å²) in [5, 5.41) is 9.69. The third-order valence-corrected chi connectivity index (χ3v) is 6.90. The molecule has 180 valence electrons. The van der Waals surface area contributed by atoms with Crippen LogP contribution in [0, 0.1) is 5.92 Å². The van der Waals surface area contributed by atoms with Gasteiger partial charge in [-0.2, -0.15) is 13.2 Å². The number of carbonyl (C=O) groups is 2. The molecule has 35 heavy (non-hydrogen) atoms. The molecule has 0 bridgehead atoms. The number of aliphatic carboxylic acids is 1. The molecule has 1 amide bonds. The lowest BCUT2D eigenvalue weighted by molar-refractivity contribution is -0.141. The molecule has 1 N–H and O–H groups in total. The Hall–Kier alpha value is -3.81. The van der Waals surface area contributed by atoms with Crippen LogP contribution in [0.4, 0.5) is 18.0 Å². The molecule has 2 unspecified atom stereocenters. The maximum atomic E-state index is 12.9. The van der Waals surface area contributed by atoms with Crippen molar-refractivity contribution in [3.63, 3.8) is 0 Å². The number of alkyl halides is 3. The van der Waals surface area contributed by atoms with E-state index >= 15 is 0 Å². The molecule has 1 aliphatic carbocycles. The van der Waals surface area contributed by atoms with Crippen LogP contribution < -0.4 is 0 Å². The molecule has 2 atom stereocenters. The lowest BCUT2D eigenvalue weighted by atomic mass is 9.88. The summed E-state index contributed by atoms with van der Waals surface area (Å²) in [5.74, 6) is -2.80. The third-order valence-electron chi connectivity index (χ3n) is 6.90. The number of carboxylic acid groups (broad SMARTS) is 1. The summed E-state index contributed by atoms with van der Waals surface area (Å²) in [4.78, 5) is 26.1. The summed E-state index contributed by atoms with van der Waals surface area (Å²) in [6, 6.07) is 20.3. The topological polar surface area (TPSA) is 66.8 Å². The van der Waals surface area contributed by atoms with E-state index in [9.17, 15) is 27.9 Å². The Labute approximate surface area is 199 Å². The molecule has 1 heterocycles. The molecule has 5 rings (SSSR count). The van der Waals surface area contributed by atoms with E-state index in [1.807, 2.05) is 48.5 Å². The maximum absolute atomic E-state index is 12.9. The van der Waals surface area contributed by atoms with E-state index < -0.39 is 35.6 Å². The average molecular weight is 481 g/mol. The van der Waals surface area contributed by atoms with Crippen molar-refractivity contribution in [2.75, 3.05) is 19.7 Å². The molecule has 0 spiro atoms. The number of hydrogen-bond donors (Lipinski definition) is 1. The van der Waals surface area contributed by atoms with Gasteiger partial charge in [-0.3, -0.25) is 4.79 Å². The molecule has 0 aromatic heterocycles. The van der Waals surface area contributed by atoms with Gasteiger partial charge < -0.3 is 14.7 Å². The molecule has 0 saturated carbocycles. The van der Waals surface area contributed by atoms with Gasteiger partial charge in [-0.05, 0) is 39.9 Å². The van der Waals surface area contributed by atoms with Gasteiger partial charge in [-0.1, -0.05) is 60.7 Å². The first kappa shape index (κ1) is 23.0. The summed E-state index contributed by atoms with van der Waals surface area (Å²) in [5.41, 5.74) is 3.96. The summed E-state index contributed by atoms with van der Waals surface area (Å²) < 4.78 is 44.4. The lowest BCUT2D eigenvalue weighted by Gasteiger charge is -2.19. The Morgan fingerprint density at radius 2 is 1.46 bits per heavy atom. The van der Waals surface area contributed by atoms with Gasteiger partial charge in [0.05, 0.1) is 11.5 Å². The van der Waals surface area contributed by atoms with Crippen molar-refractivity contribution in [1.82, 2.24) is 4.90 Å². The van der Waals surface area contributed by atoms with E-state index in [4.69, 9.17) is 4.74 Å². The van der Waals surface area contributed by atoms with E-state index in [2.05, 4.69) is 0 Å². The number of carboxylic acids is 1. The molecule has 1 aliphatic heterocycles. The molecule has 1 saturated heterocycles. The van der Waals surface area contributed by atoms with E-state index in [0.717, 1.165) is 34.4 Å². The highest BCUT2D eigenvalue weighted by atomic mass is 19.4. The van der Waals surface area contributed by atoms with Crippen molar-refractivity contribution in [2.45, 2.75) is 18.0 Å². The van der Waals surface area contributed by atoms with Crippen molar-refractivity contribution in [2.24, 2.45) is 5.92 Å². The van der Waals surface area contributed by atoms with Crippen LogP contribution in [0.3, 0.4) is 0 Å². The zero-order valence-corrected chi connectivity index (χ0v) is 18.5. The molecule has 5 nitrogen and oxygen atoms in total. The number of fused-ring (bicyclic) bond motifs is 3. The van der Waals surface area contributed by atoms with Crippen molar-refractivity contribution in [3.05, 3.63) is 95.1 Å². The Morgan fingerprint density at radius 1 is 0.886 bits per heavy atom. The Bertz CT molecular complexity index is 1230. The maximum Gasteiger partial charge on any atom is 0.416 e. The molecule has 1 fully saturated rings. The second kappa shape index (κ2) is 8.76. The summed E-state index contributed by atoms with van der Waals surface area (Å²) in [6.45, 7) is 0.0861. The van der Waals surface area contributed by atoms with Crippen LogP contribution in [-0.4, -0.2) is 41.8 Å². The van der Waals surface area contributed by atoms with E-state index in [1.165, 1.54) is 17.0 Å². The van der Waals surface area contributed by atoms with Crippen molar-refractivity contribution in [1.29, 1.82) is 0 Å². The molecular weight excluding hydrogens is 459 g/mol. The van der Waals surface area contributed by atoms with Crippen molar-refractivity contribution >= 4 is 12.1 Å². The fourth-order valence-corrected chi connectivity index (χ4v) is 5.15. The Morgan fingerprint density at radius 3 is 2.00 bits per heavy atom. The van der Waals surface area contributed by atoms with Crippen LogP contribution in [-0.2, 0) is 15.7 Å². The number of hydrogen-bond acceptors (Lipinski definition) is 3. The highest BCUT2D eigenvalue weighted by Gasteiger charge is 2.42. The van der Waals surface area contributed by atoms with Crippen molar-refractivity contribution in [3.8, 4) is 11.1 Å². The number of ether oxygens (including phenoxy) is 1. The predicted molar refractivity (Wildman–Crippen MR) is 122 cm³/mol. The first-order valence-electron chi connectivity index (χ1n) is 11.2. The minimum Gasteiger partial charge on any atom is -0.481 e. The van der Waals surface area contributed by atoms with E-state index in [-0.39, 0.29) is 25.6 Å². The van der Waals surface area contributed by atoms with Gasteiger partial charge in [0.25, 0.3) is 0 Å². The molecule has 8 heteroatoms. The first-order valence-corrected chi connectivity index (χ1v) is 11.2. The van der Waals surface area contributed by atoms with Gasteiger partial charge >= 0.3 is 18.2 Å². The van der Waals surface area contributed by atoms with Gasteiger partial charge in [0.15, 0.2) is 0 Å². The monoisotopic (exact) mass is 481 g/mol. The average Bonchev–Trinajstić information content (AvgIpc) is 3.43. The molecule has 3 aromatic carbocycles. The standard InChI is InChI=1S/C27H22F3NO4/c28-27(29,30)17-11-9-16(10-12-17)22-13-31(14-23(22)25(32)33)26(34)35-15-24-20-7-3-1-5-18(20)19-6-2-4-8-21(19)24/h1-12,22-24H,13-15H2,(H,32,33). The van der Waals surface area contributed by atoms with Gasteiger partial charge in [0.2, 0.25) is 0 Å². The number of amides is 1. The Balaban J connectivity index is 1.30. The quantitative estimate of drug-likeness (QED) is 0.515. The minimum absolute atomic E-state index is 0.0546. The van der Waals surface area contributed by atoms with Gasteiger partial charge in [-0.25, -0.2) is 4.79 Å². The van der Waals surface area contributed by atoms with Crippen molar-refractivity contribution < 1.29 is 32.6 Å². The SMILES string of the molecule is O=C(O)C1CN(C(=O)OCC2c3ccccc3-c3ccccc32)CC1c1ccc(C(F)(F)F)cc1. The van der Waals surface area contributed by atoms with Crippen LogP contribution >= 0.6 is 0 Å². The van der Waals surface area contributed by atoms with Crippen LogP contribution in [0.15, 0.2) is 72.8 Å². The zero-order chi connectivity index (χ0) is 24.7. The smallest absolute Gasteiger partial charge is 0.416 e. The number of nitrogens with zero attached hydrogens (tertiary/aromatic N) is 1. The molecular formula is C27H22F3NO4. The van der Waals surface area contributed by atoms with Gasteiger partial charge in [0.1, 0.15) is 6.61 Å². The Kier molecular flexibility index (Phi) is 5.75. The second-order valence-electron chi connectivity index (χ2n) is 8.88. The molecule has 2 aliphatic rings. The highest BCUT2D eigenvalue weighted by molar-refractivity contribution is 5.79. The number of carbonyl (C=O) groups excluding carboxylic acids is 1. The van der Waals surface area contributed by atoms with E-state index in [1.54, 1.807) is 0 Å². The van der Waals surface area contributed by atoms with Gasteiger partial charge in [0, 0.05) is 24.9 Å². The molecule has 3 aromatic rings. The largest absolute Gasteiger partial charge is 0.481 e. The fourth-order valence-electron chi connectivity index (χ4n) is 5.15. The van der Waals surface area contributed by atoms with Crippen LogP contribution in [0.1, 0.15) is 34.1 Å². The zero-order valence-electron chi connectivity index (χ0n) is 18.5. The summed E-state index contributed by atoms with van der Waals surface area (Å²) in [6.07, 6.45) is -5.11. The van der Waals surface area contributed by atoms with Crippen LogP contribution in [0.2, 0.25) is 0 Å². The number of likely N-dealkylation sites (tertiary alicyclic amines) is 1. The summed E-state index contributed by atoms with van der Waals surface area (Å²) >= 11 is 0. The summed E-state index contributed by atoms with van der Waals surface area (Å²) in [7, 11) is 0. The predicted octanol–water partition coefficient (Wildman–Crippen LogP) is 5.75. The first-order chi connectivity index (χ1) is 16.7. The highest BCUT2D eigenvalue weighted by Crippen LogP contribution is 2.44. The van der Waals surface area contributed by atoms with Crippen LogP contribution in [0.25, 0.3) is 11.1 Å². The molecule has 0 radical (unpaired) electrons. The third kappa shape index (κ3) is 4.24. The van der Waals surface area contributed by atoms with Gasteiger partial charge in [-0.15, -0.1) is 0 Å². The lowest BCUT2D eigenvalue weighted by Crippen LogP contribution is -2.31. The van der Waals surface area contributed by atoms with Crippen LogP contribution in [0.5, 0.6) is 0 Å². The fraction of sp³-hybridized carbons (Fsp3) is 0.259. The number of benzene rings is 3. The second-order valence-corrected chi connectivity index (χ2v) is 8.88. The number of halogens is 3. The minimum atomic E-state index is -4.48. The van der Waals surface area contributed by atoms with E-state index in [0.29, 0.717) is 5.56 Å². The number of rotatable bonds is 4. The normalized spacial score (nSPS) is 19.3.